The van der Waals surface area contributed by atoms with E-state index in [0.717, 1.165) is 5.56 Å². The third-order valence-electron chi connectivity index (χ3n) is 2.55. The third kappa shape index (κ3) is 2.69. The molecule has 1 aromatic carbocycles. The molecule has 0 aliphatic heterocycles. The Morgan fingerprint density at radius 2 is 2.11 bits per heavy atom. The fraction of sp³-hybridized carbons (Fsp3) is 0.273. The van der Waals surface area contributed by atoms with Crippen molar-refractivity contribution in [1.29, 1.82) is 0 Å². The van der Waals surface area contributed by atoms with Crippen LogP contribution >= 0.6 is 0 Å². The minimum Gasteiger partial charge on any atom is -0.345 e. The van der Waals surface area contributed by atoms with Crippen molar-refractivity contribution >= 4 is 5.91 Å². The highest BCUT2D eigenvalue weighted by molar-refractivity contribution is 5.83. The highest BCUT2D eigenvalue weighted by Crippen LogP contribution is 2.11. The summed E-state index contributed by atoms with van der Waals surface area (Å²) < 4.78 is 0. The summed E-state index contributed by atoms with van der Waals surface area (Å²) in [7, 11) is 0. The van der Waals surface area contributed by atoms with Crippen molar-refractivity contribution in [2.75, 3.05) is 0 Å². The molecule has 0 bridgehead atoms. The van der Waals surface area contributed by atoms with Crippen molar-refractivity contribution in [1.82, 2.24) is 25.9 Å². The summed E-state index contributed by atoms with van der Waals surface area (Å²) in [6.07, 6.45) is 0. The van der Waals surface area contributed by atoms with Gasteiger partial charge >= 0.3 is 0 Å². The van der Waals surface area contributed by atoms with Gasteiger partial charge in [-0.05, 0) is 12.5 Å². The van der Waals surface area contributed by atoms with Crippen molar-refractivity contribution in [3.8, 4) is 0 Å². The lowest BCUT2D eigenvalue weighted by Gasteiger charge is -2.15. The van der Waals surface area contributed by atoms with Gasteiger partial charge in [-0.2, -0.15) is 5.21 Å². The molecule has 7 nitrogen and oxygen atoms in total. The highest BCUT2D eigenvalue weighted by Gasteiger charge is 2.19. The molecule has 0 saturated heterocycles. The van der Waals surface area contributed by atoms with Crippen LogP contribution in [0.2, 0.25) is 0 Å². The Labute approximate surface area is 104 Å². The second-order valence-electron chi connectivity index (χ2n) is 3.89. The standard InChI is InChI=1S/C11H14N6O/c1-7(10-14-16-17-15-10)13-11(18)9(12)8-5-3-2-4-6-8/h2-7,9H,12H2,1H3,(H,13,18)(H,14,15,16,17)/t7?,9-/m1/s1. The molecule has 0 aliphatic rings. The molecule has 7 heteroatoms. The Balaban J connectivity index is 2.00. The van der Waals surface area contributed by atoms with E-state index in [-0.39, 0.29) is 11.9 Å². The van der Waals surface area contributed by atoms with E-state index in [2.05, 4.69) is 25.9 Å². The number of rotatable bonds is 4. The maximum absolute atomic E-state index is 11.9. The number of nitrogens with two attached hydrogens (primary N) is 1. The summed E-state index contributed by atoms with van der Waals surface area (Å²) in [5.41, 5.74) is 6.62. The first-order valence-corrected chi connectivity index (χ1v) is 5.52. The van der Waals surface area contributed by atoms with E-state index in [0.29, 0.717) is 5.82 Å². The molecule has 0 aliphatic carbocycles. The number of benzene rings is 1. The van der Waals surface area contributed by atoms with Crippen LogP contribution < -0.4 is 11.1 Å². The van der Waals surface area contributed by atoms with Crippen molar-refractivity contribution in [3.63, 3.8) is 0 Å². The molecule has 0 radical (unpaired) electrons. The van der Waals surface area contributed by atoms with Crippen LogP contribution in [-0.4, -0.2) is 26.5 Å². The maximum atomic E-state index is 11.9. The Bertz CT molecular complexity index is 498. The van der Waals surface area contributed by atoms with E-state index in [9.17, 15) is 4.79 Å². The summed E-state index contributed by atoms with van der Waals surface area (Å²) in [4.78, 5) is 11.9. The molecule has 0 spiro atoms. The Morgan fingerprint density at radius 1 is 1.39 bits per heavy atom. The zero-order valence-electron chi connectivity index (χ0n) is 9.87. The van der Waals surface area contributed by atoms with Gasteiger partial charge in [0.2, 0.25) is 5.91 Å². The average molecular weight is 246 g/mol. The molecule has 1 amide bonds. The molecule has 1 aromatic heterocycles. The molecule has 1 heterocycles. The van der Waals surface area contributed by atoms with Crippen molar-refractivity contribution in [3.05, 3.63) is 41.7 Å². The predicted octanol–water partition coefficient (Wildman–Crippen LogP) is 0.0769. The number of tetrazole rings is 1. The Kier molecular flexibility index (Phi) is 3.63. The van der Waals surface area contributed by atoms with Crippen molar-refractivity contribution in [2.45, 2.75) is 19.0 Å². The van der Waals surface area contributed by atoms with Crippen LogP contribution in [-0.2, 0) is 4.79 Å². The molecule has 2 atom stereocenters. The number of carbonyl (C=O) groups is 1. The summed E-state index contributed by atoms with van der Waals surface area (Å²) in [6.45, 7) is 1.76. The maximum Gasteiger partial charge on any atom is 0.242 e. The Hall–Kier alpha value is -2.28. The number of aromatic amines is 1. The molecule has 4 N–H and O–H groups in total. The minimum absolute atomic E-state index is 0.279. The number of hydrogen-bond acceptors (Lipinski definition) is 5. The normalized spacial score (nSPS) is 13.9. The van der Waals surface area contributed by atoms with Crippen molar-refractivity contribution in [2.24, 2.45) is 5.73 Å². The van der Waals surface area contributed by atoms with E-state index >= 15 is 0 Å². The van der Waals surface area contributed by atoms with E-state index in [1.54, 1.807) is 6.92 Å². The second kappa shape index (κ2) is 5.37. The zero-order chi connectivity index (χ0) is 13.0. The first-order chi connectivity index (χ1) is 8.68. The molecule has 2 aromatic rings. The van der Waals surface area contributed by atoms with Crippen LogP contribution in [0.3, 0.4) is 0 Å². The third-order valence-corrected chi connectivity index (χ3v) is 2.55. The number of nitrogens with one attached hydrogen (secondary N) is 2. The summed E-state index contributed by atoms with van der Waals surface area (Å²) >= 11 is 0. The van der Waals surface area contributed by atoms with Crippen LogP contribution in [0.25, 0.3) is 0 Å². The van der Waals surface area contributed by atoms with E-state index < -0.39 is 6.04 Å². The van der Waals surface area contributed by atoms with Gasteiger partial charge in [0, 0.05) is 0 Å². The zero-order valence-corrected chi connectivity index (χ0v) is 9.87. The van der Waals surface area contributed by atoms with Gasteiger partial charge in [0.1, 0.15) is 6.04 Å². The van der Waals surface area contributed by atoms with Gasteiger partial charge in [0.15, 0.2) is 5.82 Å². The van der Waals surface area contributed by atoms with Gasteiger partial charge in [0.25, 0.3) is 0 Å². The molecule has 2 rings (SSSR count). The quantitative estimate of drug-likeness (QED) is 0.707. The van der Waals surface area contributed by atoms with Gasteiger partial charge in [-0.25, -0.2) is 0 Å². The lowest BCUT2D eigenvalue weighted by molar-refractivity contribution is -0.123. The van der Waals surface area contributed by atoms with E-state index in [4.69, 9.17) is 5.73 Å². The number of hydrogen-bond donors (Lipinski definition) is 3. The Morgan fingerprint density at radius 3 is 2.72 bits per heavy atom. The number of amides is 1. The van der Waals surface area contributed by atoms with Crippen molar-refractivity contribution < 1.29 is 4.79 Å². The SMILES string of the molecule is CC(NC(=O)[C@H](N)c1ccccc1)c1nn[nH]n1. The molecule has 1 unspecified atom stereocenters. The van der Waals surface area contributed by atoms with Crippen LogP contribution in [0.15, 0.2) is 30.3 Å². The highest BCUT2D eigenvalue weighted by atomic mass is 16.2. The lowest BCUT2D eigenvalue weighted by atomic mass is 10.1. The second-order valence-corrected chi connectivity index (χ2v) is 3.89. The van der Waals surface area contributed by atoms with Gasteiger partial charge in [-0.3, -0.25) is 4.79 Å². The molecule has 0 fully saturated rings. The van der Waals surface area contributed by atoms with E-state index in [1.807, 2.05) is 30.3 Å². The summed E-state index contributed by atoms with van der Waals surface area (Å²) in [5.74, 6) is 0.141. The first kappa shape index (κ1) is 12.2. The molecule has 94 valence electrons. The predicted molar refractivity (Wildman–Crippen MR) is 64.1 cm³/mol. The largest absolute Gasteiger partial charge is 0.345 e. The van der Waals surface area contributed by atoms with Gasteiger partial charge in [-0.1, -0.05) is 35.5 Å². The summed E-state index contributed by atoms with van der Waals surface area (Å²) in [6, 6.07) is 8.12. The smallest absolute Gasteiger partial charge is 0.242 e. The lowest BCUT2D eigenvalue weighted by Crippen LogP contribution is -2.36. The minimum atomic E-state index is -0.708. The van der Waals surface area contributed by atoms with E-state index in [1.165, 1.54) is 0 Å². The number of H-pyrrole nitrogens is 1. The monoisotopic (exact) mass is 246 g/mol. The average Bonchev–Trinajstić information content (AvgIpc) is 2.92. The first-order valence-electron chi connectivity index (χ1n) is 5.52. The fourth-order valence-corrected chi connectivity index (χ4v) is 1.53. The fourth-order valence-electron chi connectivity index (χ4n) is 1.53. The molecular formula is C11H14N6O. The summed E-state index contributed by atoms with van der Waals surface area (Å²) in [5, 5.41) is 16.1. The van der Waals surface area contributed by atoms with Crippen LogP contribution in [0.5, 0.6) is 0 Å². The topological polar surface area (TPSA) is 110 Å². The molecular weight excluding hydrogens is 232 g/mol. The van der Waals surface area contributed by atoms with Gasteiger partial charge in [0.05, 0.1) is 6.04 Å². The number of aromatic nitrogens is 4. The van der Waals surface area contributed by atoms with Crippen LogP contribution in [0, 0.1) is 0 Å². The van der Waals surface area contributed by atoms with Crippen LogP contribution in [0.4, 0.5) is 0 Å². The molecule has 0 saturated carbocycles. The molecule has 18 heavy (non-hydrogen) atoms. The number of nitrogens with zero attached hydrogens (tertiary/aromatic N) is 3. The van der Waals surface area contributed by atoms with Gasteiger partial charge in [-0.15, -0.1) is 10.2 Å². The van der Waals surface area contributed by atoms with Gasteiger partial charge < -0.3 is 11.1 Å². The number of carbonyl (C=O) groups excluding carboxylic acids is 1. The van der Waals surface area contributed by atoms with Crippen LogP contribution in [0.1, 0.15) is 30.4 Å².